The Hall–Kier alpha value is -2.31. The van der Waals surface area contributed by atoms with Crippen molar-refractivity contribution >= 4 is 18.4 Å². The Bertz CT molecular complexity index is 883. The smallest absolute Gasteiger partial charge is 0.304 e. The molecule has 1 fully saturated rings. The SMILES string of the molecule is Cl.O=C(O)CCN1CCC2(CC1)COc1cc(OCCc3ccccc3F)ccc12. The minimum atomic E-state index is -0.748. The number of hydrogen-bond acceptors (Lipinski definition) is 4. The van der Waals surface area contributed by atoms with Crippen LogP contribution in [0.15, 0.2) is 42.5 Å². The van der Waals surface area contributed by atoms with E-state index in [4.69, 9.17) is 14.6 Å². The normalized spacial score (nSPS) is 17.1. The second kappa shape index (κ2) is 9.67. The van der Waals surface area contributed by atoms with Gasteiger partial charge in [-0.25, -0.2) is 4.39 Å². The van der Waals surface area contributed by atoms with E-state index in [1.54, 1.807) is 12.1 Å². The van der Waals surface area contributed by atoms with Crippen LogP contribution in [-0.2, 0) is 16.6 Å². The molecule has 162 valence electrons. The van der Waals surface area contributed by atoms with Gasteiger partial charge in [-0.2, -0.15) is 0 Å². The maximum absolute atomic E-state index is 13.7. The van der Waals surface area contributed by atoms with E-state index in [9.17, 15) is 9.18 Å². The first kappa shape index (κ1) is 22.4. The molecule has 1 saturated heterocycles. The maximum atomic E-state index is 13.7. The van der Waals surface area contributed by atoms with Gasteiger partial charge in [-0.05, 0) is 43.6 Å². The highest BCUT2D eigenvalue weighted by atomic mass is 35.5. The van der Waals surface area contributed by atoms with E-state index in [0.29, 0.717) is 31.7 Å². The fourth-order valence-electron chi connectivity index (χ4n) is 4.30. The van der Waals surface area contributed by atoms with Gasteiger partial charge in [0.25, 0.3) is 0 Å². The summed E-state index contributed by atoms with van der Waals surface area (Å²) in [5.74, 6) is 0.649. The van der Waals surface area contributed by atoms with E-state index in [1.165, 1.54) is 11.6 Å². The summed E-state index contributed by atoms with van der Waals surface area (Å²) in [4.78, 5) is 13.0. The molecule has 0 saturated carbocycles. The third kappa shape index (κ3) is 4.87. The number of carbonyl (C=O) groups is 1. The van der Waals surface area contributed by atoms with Crippen LogP contribution in [0.2, 0.25) is 0 Å². The van der Waals surface area contributed by atoms with Crippen LogP contribution in [0.1, 0.15) is 30.4 Å². The number of rotatable bonds is 7. The summed E-state index contributed by atoms with van der Waals surface area (Å²) in [6, 6.07) is 12.7. The van der Waals surface area contributed by atoms with E-state index in [-0.39, 0.29) is 30.1 Å². The summed E-state index contributed by atoms with van der Waals surface area (Å²) in [7, 11) is 0. The molecular weight excluding hydrogens is 409 g/mol. The predicted molar refractivity (Wildman–Crippen MR) is 114 cm³/mol. The monoisotopic (exact) mass is 435 g/mol. The summed E-state index contributed by atoms with van der Waals surface area (Å²) < 4.78 is 25.5. The highest BCUT2D eigenvalue weighted by Gasteiger charge is 2.43. The molecule has 0 atom stereocenters. The molecule has 30 heavy (non-hydrogen) atoms. The molecule has 5 nitrogen and oxygen atoms in total. The molecule has 0 radical (unpaired) electrons. The first-order valence-corrected chi connectivity index (χ1v) is 10.1. The number of likely N-dealkylation sites (tertiary alicyclic amines) is 1. The molecule has 2 aliphatic heterocycles. The van der Waals surface area contributed by atoms with Crippen LogP contribution < -0.4 is 9.47 Å². The summed E-state index contributed by atoms with van der Waals surface area (Å²) in [5.41, 5.74) is 1.89. The molecule has 2 heterocycles. The third-order valence-electron chi connectivity index (χ3n) is 6.08. The van der Waals surface area contributed by atoms with Crippen molar-refractivity contribution in [3.05, 3.63) is 59.4 Å². The average molecular weight is 436 g/mol. The fraction of sp³-hybridized carbons (Fsp3) is 0.435. The highest BCUT2D eigenvalue weighted by Crippen LogP contribution is 2.46. The standard InChI is InChI=1S/C23H26FNO4.ClH/c24-20-4-2-1-3-17(20)8-14-28-18-5-6-19-21(15-18)29-16-23(19)9-12-25(13-10-23)11-7-22(26)27;/h1-6,15H,7-14,16H2,(H,26,27);1H. The Labute approximate surface area is 182 Å². The minimum absolute atomic E-state index is 0. The molecular formula is C23H27ClFNO4. The zero-order valence-electron chi connectivity index (χ0n) is 16.8. The molecule has 1 N–H and O–H groups in total. The Morgan fingerprint density at radius 1 is 1.20 bits per heavy atom. The van der Waals surface area contributed by atoms with E-state index in [1.807, 2.05) is 18.2 Å². The first-order chi connectivity index (χ1) is 14.1. The second-order valence-corrected chi connectivity index (χ2v) is 7.90. The van der Waals surface area contributed by atoms with Gasteiger partial charge in [-0.1, -0.05) is 24.3 Å². The number of piperidine rings is 1. The molecule has 7 heteroatoms. The number of ether oxygens (including phenoxy) is 2. The van der Waals surface area contributed by atoms with Crippen molar-refractivity contribution in [3.8, 4) is 11.5 Å². The Morgan fingerprint density at radius 3 is 2.70 bits per heavy atom. The lowest BCUT2D eigenvalue weighted by atomic mass is 9.74. The van der Waals surface area contributed by atoms with Gasteiger partial charge in [0.05, 0.1) is 19.6 Å². The number of aliphatic carboxylic acids is 1. The summed E-state index contributed by atoms with van der Waals surface area (Å²) in [6.07, 6.45) is 2.63. The molecule has 4 rings (SSSR count). The van der Waals surface area contributed by atoms with Crippen LogP contribution in [0, 0.1) is 5.82 Å². The number of benzene rings is 2. The fourth-order valence-corrected chi connectivity index (χ4v) is 4.30. The predicted octanol–water partition coefficient (Wildman–Crippen LogP) is 4.07. The Morgan fingerprint density at radius 2 is 1.97 bits per heavy atom. The molecule has 2 aromatic rings. The van der Waals surface area contributed by atoms with Crippen molar-refractivity contribution in [2.45, 2.75) is 31.1 Å². The van der Waals surface area contributed by atoms with E-state index >= 15 is 0 Å². The summed E-state index contributed by atoms with van der Waals surface area (Å²) in [6.45, 7) is 3.44. The number of halogens is 2. The van der Waals surface area contributed by atoms with Crippen LogP contribution in [0.25, 0.3) is 0 Å². The van der Waals surface area contributed by atoms with Gasteiger partial charge in [-0.3, -0.25) is 4.79 Å². The van der Waals surface area contributed by atoms with Crippen molar-refractivity contribution in [2.75, 3.05) is 32.8 Å². The molecule has 0 amide bonds. The zero-order valence-corrected chi connectivity index (χ0v) is 17.6. The second-order valence-electron chi connectivity index (χ2n) is 7.90. The van der Waals surface area contributed by atoms with Crippen LogP contribution in [0.4, 0.5) is 4.39 Å². The van der Waals surface area contributed by atoms with Gasteiger partial charge in [0.15, 0.2) is 0 Å². The molecule has 2 aliphatic rings. The van der Waals surface area contributed by atoms with Crippen molar-refractivity contribution in [2.24, 2.45) is 0 Å². The van der Waals surface area contributed by atoms with E-state index in [2.05, 4.69) is 11.0 Å². The number of carboxylic acid groups (broad SMARTS) is 1. The van der Waals surface area contributed by atoms with Gasteiger partial charge < -0.3 is 19.5 Å². The number of carboxylic acids is 1. The van der Waals surface area contributed by atoms with Crippen molar-refractivity contribution in [1.82, 2.24) is 4.90 Å². The lowest BCUT2D eigenvalue weighted by Gasteiger charge is -2.38. The van der Waals surface area contributed by atoms with E-state index in [0.717, 1.165) is 37.4 Å². The molecule has 0 aliphatic carbocycles. The van der Waals surface area contributed by atoms with Crippen molar-refractivity contribution < 1.29 is 23.8 Å². The topological polar surface area (TPSA) is 59.0 Å². The summed E-state index contributed by atoms with van der Waals surface area (Å²) in [5, 5.41) is 8.87. The number of nitrogens with zero attached hydrogens (tertiary/aromatic N) is 1. The Balaban J connectivity index is 0.00000256. The lowest BCUT2D eigenvalue weighted by molar-refractivity contribution is -0.137. The van der Waals surface area contributed by atoms with Gasteiger partial charge in [0.1, 0.15) is 17.3 Å². The summed E-state index contributed by atoms with van der Waals surface area (Å²) >= 11 is 0. The van der Waals surface area contributed by atoms with Gasteiger partial charge in [0, 0.05) is 30.0 Å². The molecule has 0 aromatic heterocycles. The largest absolute Gasteiger partial charge is 0.493 e. The van der Waals surface area contributed by atoms with Crippen LogP contribution in [-0.4, -0.2) is 48.8 Å². The highest BCUT2D eigenvalue weighted by molar-refractivity contribution is 5.85. The van der Waals surface area contributed by atoms with Crippen molar-refractivity contribution in [1.29, 1.82) is 0 Å². The molecule has 2 aromatic carbocycles. The van der Waals surface area contributed by atoms with Gasteiger partial charge >= 0.3 is 5.97 Å². The van der Waals surface area contributed by atoms with E-state index < -0.39 is 5.97 Å². The third-order valence-corrected chi connectivity index (χ3v) is 6.08. The first-order valence-electron chi connectivity index (χ1n) is 10.1. The van der Waals surface area contributed by atoms with Crippen LogP contribution in [0.3, 0.4) is 0 Å². The molecule has 0 unspecified atom stereocenters. The van der Waals surface area contributed by atoms with Gasteiger partial charge in [0.2, 0.25) is 0 Å². The number of hydrogen-bond donors (Lipinski definition) is 1. The molecule has 0 bridgehead atoms. The van der Waals surface area contributed by atoms with Crippen LogP contribution >= 0.6 is 12.4 Å². The average Bonchev–Trinajstić information content (AvgIpc) is 3.07. The maximum Gasteiger partial charge on any atom is 0.304 e. The zero-order chi connectivity index (χ0) is 20.3. The van der Waals surface area contributed by atoms with Gasteiger partial charge in [-0.15, -0.1) is 12.4 Å². The van der Waals surface area contributed by atoms with Crippen molar-refractivity contribution in [3.63, 3.8) is 0 Å². The Kier molecular flexibility index (Phi) is 7.21. The minimum Gasteiger partial charge on any atom is -0.493 e. The lowest BCUT2D eigenvalue weighted by Crippen LogP contribution is -2.44. The quantitative estimate of drug-likeness (QED) is 0.710. The molecule has 1 spiro atoms. The number of fused-ring (bicyclic) bond motifs is 2. The van der Waals surface area contributed by atoms with Crippen LogP contribution in [0.5, 0.6) is 11.5 Å².